The summed E-state index contributed by atoms with van der Waals surface area (Å²) in [4.78, 5) is 12.5. The zero-order chi connectivity index (χ0) is 17.2. The molecule has 0 bridgehead atoms. The number of nitrogens with two attached hydrogens (primary N) is 1. The Morgan fingerprint density at radius 2 is 1.74 bits per heavy atom. The first-order valence-corrected chi connectivity index (χ1v) is 6.39. The van der Waals surface area contributed by atoms with E-state index >= 15 is 0 Å². The molecule has 0 spiro atoms. The highest BCUT2D eigenvalue weighted by molar-refractivity contribution is 6.01. The van der Waals surface area contributed by atoms with Crippen molar-refractivity contribution in [3.63, 3.8) is 0 Å². The van der Waals surface area contributed by atoms with Crippen LogP contribution in [-0.4, -0.2) is 18.2 Å². The lowest BCUT2D eigenvalue weighted by molar-refractivity contribution is -0.138. The van der Waals surface area contributed by atoms with Crippen LogP contribution in [0.4, 0.5) is 29.3 Å². The molecule has 0 heterocycles. The molecule has 2 amide bonds. The molecule has 0 unspecified atom stereocenters. The second-order valence-corrected chi connectivity index (χ2v) is 4.52. The van der Waals surface area contributed by atoms with Gasteiger partial charge in [-0.2, -0.15) is 13.2 Å². The molecular formula is C15H13F3N2O3. The van der Waals surface area contributed by atoms with Gasteiger partial charge in [0.25, 0.3) is 0 Å². The zero-order valence-electron chi connectivity index (χ0n) is 12.0. The molecule has 0 aliphatic rings. The molecule has 2 rings (SSSR count). The van der Waals surface area contributed by atoms with Gasteiger partial charge in [-0.1, -0.05) is 18.2 Å². The van der Waals surface area contributed by atoms with Crippen molar-refractivity contribution < 1.29 is 27.8 Å². The third-order valence-corrected chi connectivity index (χ3v) is 3.11. The Balaban J connectivity index is 2.67. The first kappa shape index (κ1) is 16.5. The number of phenolic OH excluding ortho intramolecular Hbond substituents is 1. The molecule has 23 heavy (non-hydrogen) atoms. The summed E-state index contributed by atoms with van der Waals surface area (Å²) in [6.07, 6.45) is -4.77. The van der Waals surface area contributed by atoms with Crippen molar-refractivity contribution in [1.29, 1.82) is 0 Å². The minimum Gasteiger partial charge on any atom is -0.505 e. The lowest BCUT2D eigenvalue weighted by Gasteiger charge is -2.24. The number of hydrogen-bond donors (Lipinski definition) is 2. The number of halogens is 3. The smallest absolute Gasteiger partial charge is 0.420 e. The number of urea groups is 1. The van der Waals surface area contributed by atoms with Gasteiger partial charge >= 0.3 is 12.2 Å². The number of ether oxygens (including phenoxy) is 1. The van der Waals surface area contributed by atoms with Gasteiger partial charge in [0.1, 0.15) is 5.75 Å². The Bertz CT molecular complexity index is 732. The minimum atomic E-state index is -4.77. The Labute approximate surface area is 129 Å². The fourth-order valence-electron chi connectivity index (χ4n) is 2.12. The number of rotatable bonds is 3. The number of aromatic hydroxyl groups is 1. The molecule has 0 aromatic heterocycles. The molecule has 5 nitrogen and oxygen atoms in total. The highest BCUT2D eigenvalue weighted by atomic mass is 19.4. The summed E-state index contributed by atoms with van der Waals surface area (Å²) in [5.41, 5.74) is 3.74. The molecule has 0 saturated carbocycles. The highest BCUT2D eigenvalue weighted by Gasteiger charge is 2.36. The first-order chi connectivity index (χ1) is 10.8. The van der Waals surface area contributed by atoms with Crippen molar-refractivity contribution in [2.45, 2.75) is 6.18 Å². The molecule has 3 N–H and O–H groups in total. The number of primary amides is 1. The van der Waals surface area contributed by atoms with Gasteiger partial charge in [-0.25, -0.2) is 4.79 Å². The molecular weight excluding hydrogens is 313 g/mol. The van der Waals surface area contributed by atoms with Gasteiger partial charge < -0.3 is 15.6 Å². The summed E-state index contributed by atoms with van der Waals surface area (Å²) in [5, 5.41) is 9.96. The first-order valence-electron chi connectivity index (χ1n) is 6.39. The van der Waals surface area contributed by atoms with Crippen molar-refractivity contribution in [1.82, 2.24) is 0 Å². The van der Waals surface area contributed by atoms with Gasteiger partial charge in [0.2, 0.25) is 0 Å². The van der Waals surface area contributed by atoms with E-state index in [-0.39, 0.29) is 11.4 Å². The van der Waals surface area contributed by atoms with Crippen LogP contribution in [0.3, 0.4) is 0 Å². The topological polar surface area (TPSA) is 75.8 Å². The van der Waals surface area contributed by atoms with Gasteiger partial charge in [0.05, 0.1) is 24.0 Å². The van der Waals surface area contributed by atoms with E-state index in [9.17, 15) is 23.1 Å². The predicted octanol–water partition coefficient (Wildman–Crippen LogP) is 3.64. The largest absolute Gasteiger partial charge is 0.505 e. The molecule has 8 heteroatoms. The number of nitrogens with zero attached hydrogens (tertiary/aromatic N) is 1. The van der Waals surface area contributed by atoms with E-state index in [1.165, 1.54) is 19.2 Å². The maximum Gasteiger partial charge on any atom is 0.420 e. The average molecular weight is 326 g/mol. The van der Waals surface area contributed by atoms with Crippen LogP contribution in [0, 0.1) is 0 Å². The van der Waals surface area contributed by atoms with E-state index in [0.29, 0.717) is 6.07 Å². The van der Waals surface area contributed by atoms with E-state index in [4.69, 9.17) is 10.5 Å². The van der Waals surface area contributed by atoms with Crippen LogP contribution < -0.4 is 15.4 Å². The fourth-order valence-corrected chi connectivity index (χ4v) is 2.12. The molecule has 0 aliphatic carbocycles. The minimum absolute atomic E-state index is 0.108. The van der Waals surface area contributed by atoms with Crippen LogP contribution in [0.5, 0.6) is 11.5 Å². The van der Waals surface area contributed by atoms with E-state index in [0.717, 1.165) is 17.0 Å². The average Bonchev–Trinajstić information content (AvgIpc) is 2.48. The van der Waals surface area contributed by atoms with Crippen molar-refractivity contribution in [2.75, 3.05) is 12.0 Å². The van der Waals surface area contributed by atoms with Crippen LogP contribution in [0.1, 0.15) is 5.56 Å². The summed E-state index contributed by atoms with van der Waals surface area (Å²) >= 11 is 0. The van der Waals surface area contributed by atoms with Crippen LogP contribution in [-0.2, 0) is 6.18 Å². The van der Waals surface area contributed by atoms with Crippen LogP contribution in [0.25, 0.3) is 0 Å². The van der Waals surface area contributed by atoms with Gasteiger partial charge in [0.15, 0.2) is 5.75 Å². The van der Waals surface area contributed by atoms with E-state index in [2.05, 4.69) is 0 Å². The van der Waals surface area contributed by atoms with Gasteiger partial charge in [0, 0.05) is 0 Å². The summed E-state index contributed by atoms with van der Waals surface area (Å²) in [6, 6.07) is 7.99. The molecule has 0 radical (unpaired) electrons. The third-order valence-electron chi connectivity index (χ3n) is 3.11. The Morgan fingerprint density at radius 1 is 1.13 bits per heavy atom. The number of amides is 2. The number of alkyl halides is 3. The Kier molecular flexibility index (Phi) is 4.35. The number of hydrogen-bond acceptors (Lipinski definition) is 3. The molecule has 0 saturated heterocycles. The zero-order valence-corrected chi connectivity index (χ0v) is 12.0. The number of anilines is 2. The number of para-hydroxylation sites is 3. The quantitative estimate of drug-likeness (QED) is 0.904. The van der Waals surface area contributed by atoms with Crippen LogP contribution >= 0.6 is 0 Å². The summed E-state index contributed by atoms with van der Waals surface area (Å²) < 4.78 is 43.8. The number of benzene rings is 2. The van der Waals surface area contributed by atoms with Gasteiger partial charge in [-0.05, 0) is 24.3 Å². The van der Waals surface area contributed by atoms with Crippen molar-refractivity contribution in [3.05, 3.63) is 48.0 Å². The number of phenols is 1. The molecule has 2 aromatic carbocycles. The second kappa shape index (κ2) is 6.07. The number of carbonyl (C=O) groups is 1. The van der Waals surface area contributed by atoms with E-state index in [1.807, 2.05) is 0 Å². The van der Waals surface area contributed by atoms with Crippen molar-refractivity contribution in [3.8, 4) is 11.5 Å². The number of methoxy groups -OCH3 is 1. The fraction of sp³-hybridized carbons (Fsp3) is 0.133. The molecule has 0 aliphatic heterocycles. The summed E-state index contributed by atoms with van der Waals surface area (Å²) in [5.74, 6) is -0.882. The SMILES string of the molecule is COc1ccccc1N(C(N)=O)c1cccc(C(F)(F)F)c1O. The third kappa shape index (κ3) is 3.15. The molecule has 122 valence electrons. The Hall–Kier alpha value is -2.90. The second-order valence-electron chi connectivity index (χ2n) is 4.52. The van der Waals surface area contributed by atoms with Gasteiger partial charge in [-0.3, -0.25) is 4.90 Å². The molecule has 0 atom stereocenters. The van der Waals surface area contributed by atoms with Crippen molar-refractivity contribution in [2.24, 2.45) is 5.73 Å². The predicted molar refractivity (Wildman–Crippen MR) is 77.8 cm³/mol. The Morgan fingerprint density at radius 3 is 2.30 bits per heavy atom. The monoisotopic (exact) mass is 326 g/mol. The lowest BCUT2D eigenvalue weighted by Crippen LogP contribution is -2.32. The van der Waals surface area contributed by atoms with Gasteiger partial charge in [-0.15, -0.1) is 0 Å². The van der Waals surface area contributed by atoms with E-state index in [1.54, 1.807) is 12.1 Å². The maximum absolute atomic E-state index is 12.9. The normalized spacial score (nSPS) is 11.1. The van der Waals surface area contributed by atoms with Crippen LogP contribution in [0.15, 0.2) is 42.5 Å². The lowest BCUT2D eigenvalue weighted by atomic mass is 10.1. The van der Waals surface area contributed by atoms with Crippen molar-refractivity contribution >= 4 is 17.4 Å². The number of carbonyl (C=O) groups excluding carboxylic acids is 1. The summed E-state index contributed by atoms with van der Waals surface area (Å²) in [6.45, 7) is 0. The maximum atomic E-state index is 12.9. The highest BCUT2D eigenvalue weighted by Crippen LogP contribution is 2.44. The summed E-state index contributed by atoms with van der Waals surface area (Å²) in [7, 11) is 1.34. The standard InChI is InChI=1S/C15H13F3N2O3/c1-23-12-8-3-2-6-10(12)20(14(19)22)11-7-4-5-9(13(11)21)15(16,17)18/h2-8,21H,1H3,(H2,19,22). The van der Waals surface area contributed by atoms with E-state index < -0.39 is 29.2 Å². The molecule has 2 aromatic rings. The molecule has 0 fully saturated rings. The van der Waals surface area contributed by atoms with Crippen LogP contribution in [0.2, 0.25) is 0 Å².